The summed E-state index contributed by atoms with van der Waals surface area (Å²) < 4.78 is 0.459. The van der Waals surface area contributed by atoms with E-state index in [4.69, 9.17) is 0 Å². The minimum atomic E-state index is -1.41. The van der Waals surface area contributed by atoms with Crippen molar-refractivity contribution in [1.82, 2.24) is 10.2 Å². The third-order valence-electron chi connectivity index (χ3n) is 3.30. The molecule has 3 atom stereocenters. The number of aliphatic carboxylic acids is 1. The standard InChI is InChI=1S/C12H16N2O5S2.Na/c1-5(15)7-9(17)14-8(11(18)19)12(21-10(7)14)20-4-3-6(16)13-2;/h5,7,10,15H,3-4H2,1-2H3,(H,13,16)(H,18,19);/q;+1/p-1/t5?,7-,10+;/m0./s1. The van der Waals surface area contributed by atoms with Gasteiger partial charge in [-0.05, 0) is 6.92 Å². The van der Waals surface area contributed by atoms with Crippen LogP contribution in [0.3, 0.4) is 0 Å². The van der Waals surface area contributed by atoms with Gasteiger partial charge in [-0.3, -0.25) is 14.5 Å². The fourth-order valence-corrected chi connectivity index (χ4v) is 5.13. The number of thioether (sulfide) groups is 2. The number of fused-ring (bicyclic) bond motifs is 1. The Morgan fingerprint density at radius 1 is 1.55 bits per heavy atom. The molecule has 1 fully saturated rings. The molecule has 1 unspecified atom stereocenters. The normalized spacial score (nSPS) is 24.3. The minimum Gasteiger partial charge on any atom is -0.543 e. The molecule has 2 N–H and O–H groups in total. The van der Waals surface area contributed by atoms with Gasteiger partial charge in [-0.25, -0.2) is 0 Å². The topological polar surface area (TPSA) is 110 Å². The maximum absolute atomic E-state index is 11.9. The van der Waals surface area contributed by atoms with Gasteiger partial charge in [-0.1, -0.05) is 11.8 Å². The van der Waals surface area contributed by atoms with Crippen molar-refractivity contribution in [3.63, 3.8) is 0 Å². The fourth-order valence-electron chi connectivity index (χ4n) is 2.20. The number of amides is 2. The molecule has 2 aliphatic heterocycles. The second kappa shape index (κ2) is 8.07. The number of aliphatic hydroxyl groups is 1. The van der Waals surface area contributed by atoms with Crippen molar-refractivity contribution in [1.29, 1.82) is 0 Å². The van der Waals surface area contributed by atoms with Gasteiger partial charge in [0, 0.05) is 19.2 Å². The van der Waals surface area contributed by atoms with Crippen LogP contribution in [-0.2, 0) is 14.4 Å². The fraction of sp³-hybridized carbons (Fsp3) is 0.583. The molecule has 2 aliphatic rings. The van der Waals surface area contributed by atoms with E-state index in [0.29, 0.717) is 9.99 Å². The number of nitrogens with one attached hydrogen (secondary N) is 1. The Hall–Kier alpha value is -0.190. The molecule has 1 saturated heterocycles. The number of carboxylic acids is 1. The van der Waals surface area contributed by atoms with Crippen molar-refractivity contribution < 1.29 is 54.2 Å². The molecular formula is C12H15N2NaO5S2. The summed E-state index contributed by atoms with van der Waals surface area (Å²) in [4.78, 5) is 35.5. The van der Waals surface area contributed by atoms with E-state index < -0.39 is 29.3 Å². The van der Waals surface area contributed by atoms with Crippen molar-refractivity contribution in [2.45, 2.75) is 24.8 Å². The summed E-state index contributed by atoms with van der Waals surface area (Å²) in [6.45, 7) is 1.51. The van der Waals surface area contributed by atoms with Crippen LogP contribution in [-0.4, -0.2) is 52.1 Å². The zero-order valence-electron chi connectivity index (χ0n) is 12.5. The first kappa shape index (κ1) is 19.9. The summed E-state index contributed by atoms with van der Waals surface area (Å²) in [7, 11) is 1.53. The van der Waals surface area contributed by atoms with Crippen LogP contribution >= 0.6 is 23.5 Å². The number of carbonyl (C=O) groups excluding carboxylic acids is 3. The van der Waals surface area contributed by atoms with Crippen molar-refractivity contribution in [3.05, 3.63) is 9.93 Å². The second-order valence-electron chi connectivity index (χ2n) is 4.68. The Morgan fingerprint density at radius 2 is 2.18 bits per heavy atom. The van der Waals surface area contributed by atoms with Crippen molar-refractivity contribution in [2.75, 3.05) is 12.8 Å². The van der Waals surface area contributed by atoms with Gasteiger partial charge in [0.05, 0.1) is 27.9 Å². The Kier molecular flexibility index (Phi) is 7.28. The molecule has 0 bridgehead atoms. The summed E-state index contributed by atoms with van der Waals surface area (Å²) in [5, 5.41) is 22.9. The molecule has 2 heterocycles. The van der Waals surface area contributed by atoms with Gasteiger partial charge < -0.3 is 20.3 Å². The van der Waals surface area contributed by atoms with E-state index >= 15 is 0 Å². The predicted molar refractivity (Wildman–Crippen MR) is 76.6 cm³/mol. The summed E-state index contributed by atoms with van der Waals surface area (Å²) in [5.41, 5.74) is -0.145. The maximum Gasteiger partial charge on any atom is 1.00 e. The van der Waals surface area contributed by atoms with Crippen LogP contribution in [0.5, 0.6) is 0 Å². The molecule has 0 saturated carbocycles. The first-order valence-electron chi connectivity index (χ1n) is 6.35. The minimum absolute atomic E-state index is 0. The SMILES string of the molecule is CNC(=O)CCSC1=C(C(=O)[O-])N2C(=O)[C@H](C(C)O)[C@H]2S1.[Na+]. The number of β-lactam (4-membered cyclic amide) rings is 1. The quantitative estimate of drug-likeness (QED) is 0.367. The molecule has 22 heavy (non-hydrogen) atoms. The van der Waals surface area contributed by atoms with Gasteiger partial charge in [0.1, 0.15) is 5.37 Å². The van der Waals surface area contributed by atoms with Gasteiger partial charge >= 0.3 is 29.6 Å². The monoisotopic (exact) mass is 354 g/mol. The summed E-state index contributed by atoms with van der Waals surface area (Å²) in [5.74, 6) is -2.13. The Bertz CT molecular complexity index is 526. The average Bonchev–Trinajstić information content (AvgIpc) is 2.72. The van der Waals surface area contributed by atoms with Gasteiger partial charge in [0.2, 0.25) is 11.8 Å². The zero-order valence-corrected chi connectivity index (χ0v) is 16.1. The first-order chi connectivity index (χ1) is 9.88. The number of aliphatic hydroxyl groups excluding tert-OH is 1. The van der Waals surface area contributed by atoms with Crippen LogP contribution in [0.4, 0.5) is 0 Å². The molecule has 2 amide bonds. The van der Waals surface area contributed by atoms with Crippen LogP contribution in [0.25, 0.3) is 0 Å². The number of hydrogen-bond acceptors (Lipinski definition) is 7. The second-order valence-corrected chi connectivity index (χ2v) is 7.17. The Labute approximate surface area is 158 Å². The molecule has 10 heteroatoms. The Morgan fingerprint density at radius 3 is 2.68 bits per heavy atom. The van der Waals surface area contributed by atoms with E-state index in [9.17, 15) is 24.6 Å². The summed E-state index contributed by atoms with van der Waals surface area (Å²) in [6, 6.07) is 0. The first-order valence-corrected chi connectivity index (χ1v) is 8.21. The number of rotatable bonds is 6. The molecule has 0 spiro atoms. The molecule has 0 aromatic heterocycles. The Balaban J connectivity index is 0.00000242. The molecule has 116 valence electrons. The third kappa shape index (κ3) is 3.65. The average molecular weight is 354 g/mol. The molecule has 0 radical (unpaired) electrons. The van der Waals surface area contributed by atoms with Gasteiger partial charge in [-0.15, -0.1) is 11.8 Å². The van der Waals surface area contributed by atoms with Gasteiger partial charge in [0.25, 0.3) is 0 Å². The van der Waals surface area contributed by atoms with Crippen LogP contribution in [0.2, 0.25) is 0 Å². The number of nitrogens with zero attached hydrogens (tertiary/aromatic N) is 1. The molecule has 0 aromatic carbocycles. The van der Waals surface area contributed by atoms with E-state index in [2.05, 4.69) is 5.32 Å². The van der Waals surface area contributed by atoms with Crippen LogP contribution in [0.15, 0.2) is 9.93 Å². The largest absolute Gasteiger partial charge is 1.00 e. The molecule has 7 nitrogen and oxygen atoms in total. The summed E-state index contributed by atoms with van der Waals surface area (Å²) in [6.07, 6.45) is -0.575. The van der Waals surface area contributed by atoms with Crippen molar-refractivity contribution >= 4 is 41.3 Å². The molecule has 2 rings (SSSR count). The van der Waals surface area contributed by atoms with Crippen molar-refractivity contribution in [2.24, 2.45) is 5.92 Å². The van der Waals surface area contributed by atoms with E-state index in [-0.39, 0.29) is 47.6 Å². The number of hydrogen-bond donors (Lipinski definition) is 2. The number of carbonyl (C=O) groups is 3. The molecule has 0 aromatic rings. The number of carboxylic acid groups (broad SMARTS) is 1. The van der Waals surface area contributed by atoms with E-state index in [0.717, 1.165) is 0 Å². The van der Waals surface area contributed by atoms with Gasteiger partial charge in [-0.2, -0.15) is 0 Å². The molecule has 0 aliphatic carbocycles. The van der Waals surface area contributed by atoms with Gasteiger partial charge in [0.15, 0.2) is 0 Å². The smallest absolute Gasteiger partial charge is 0.543 e. The van der Waals surface area contributed by atoms with Crippen LogP contribution in [0.1, 0.15) is 13.3 Å². The van der Waals surface area contributed by atoms with E-state index in [1.165, 1.54) is 42.4 Å². The maximum atomic E-state index is 11.9. The van der Waals surface area contributed by atoms with Crippen LogP contribution < -0.4 is 40.0 Å². The third-order valence-corrected chi connectivity index (χ3v) is 5.96. The van der Waals surface area contributed by atoms with E-state index in [1.807, 2.05) is 0 Å². The zero-order chi connectivity index (χ0) is 15.7. The van der Waals surface area contributed by atoms with E-state index in [1.54, 1.807) is 0 Å². The molecular weight excluding hydrogens is 339 g/mol. The van der Waals surface area contributed by atoms with Crippen molar-refractivity contribution in [3.8, 4) is 0 Å². The predicted octanol–water partition coefficient (Wildman–Crippen LogP) is -4.31. The summed E-state index contributed by atoms with van der Waals surface area (Å²) >= 11 is 2.44. The van der Waals surface area contributed by atoms with Crippen LogP contribution in [0, 0.1) is 5.92 Å².